The van der Waals surface area contributed by atoms with Crippen molar-refractivity contribution in [2.45, 2.75) is 0 Å². The Balaban J connectivity index is 0.894. The summed E-state index contributed by atoms with van der Waals surface area (Å²) >= 11 is 0. The number of rotatable bonds is 13. The van der Waals surface area contributed by atoms with E-state index in [2.05, 4.69) is 448 Å². The summed E-state index contributed by atoms with van der Waals surface area (Å²) in [4.78, 5) is 5.34. The zero-order chi connectivity index (χ0) is 72.4. The number of benzene rings is 17. The molecule has 0 spiro atoms. The van der Waals surface area contributed by atoms with Gasteiger partial charge in [-0.25, -0.2) is 0 Å². The van der Waals surface area contributed by atoms with Crippen LogP contribution in [0, 0.1) is 0 Å². The summed E-state index contributed by atoms with van der Waals surface area (Å²) in [5, 5.41) is 17.8. The minimum absolute atomic E-state index is 0.283. The lowest BCUT2D eigenvalue weighted by Crippen LogP contribution is -2.74. The molecule has 3 aromatic heterocycles. The van der Waals surface area contributed by atoms with Crippen LogP contribution in [-0.4, -0.2) is 36.6 Å². The molecule has 0 aliphatic carbocycles. The van der Waals surface area contributed by atoms with E-state index in [1.54, 1.807) is 0 Å². The quantitative estimate of drug-likeness (QED) is 0.0847. The summed E-state index contributed by atoms with van der Waals surface area (Å²) < 4.78 is 7.55. The van der Waals surface area contributed by atoms with Crippen LogP contribution in [0.5, 0.6) is 0 Å². The number of anilines is 6. The van der Waals surface area contributed by atoms with Crippen molar-refractivity contribution in [3.05, 3.63) is 425 Å². The van der Waals surface area contributed by atoms with Crippen LogP contribution in [0.3, 0.4) is 0 Å². The third kappa shape index (κ3) is 9.46. The molecule has 17 aromatic carbocycles. The summed E-state index contributed by atoms with van der Waals surface area (Å²) in [6.45, 7) is -0.283. The van der Waals surface area contributed by atoms with Gasteiger partial charge in [-0.05, 0) is 161 Å². The maximum Gasteiger partial charge on any atom is 0.252 e. The van der Waals surface area contributed by atoms with Crippen LogP contribution in [0.2, 0.25) is 0 Å². The van der Waals surface area contributed by atoms with Gasteiger partial charge in [0.25, 0.3) is 6.71 Å². The Kier molecular flexibility index (Phi) is 14.7. The average Bonchev–Trinajstić information content (AvgIpc) is 0.863. The van der Waals surface area contributed by atoms with Gasteiger partial charge in [-0.2, -0.15) is 0 Å². The molecule has 2 aliphatic rings. The monoisotopic (exact) mass is 1430 g/mol. The molecular weight excluding hydrogens is 1360 g/mol. The fourth-order valence-corrected chi connectivity index (χ4v) is 29.0. The van der Waals surface area contributed by atoms with Crippen molar-refractivity contribution < 1.29 is 0 Å². The molecule has 0 radical (unpaired) electrons. The third-order valence-corrected chi connectivity index (χ3v) is 33.4. The standard InChI is InChI=1S/C102H70BN5Si2/c1-7-35-76(36-8-1)109(77-37-9-2-10-38-77,78-39-11-3-12-40-78)82-47-31-33-71(65-82)106-98-64-62-73(104-92-55-25-19-49-84(92)85-50-20-26-56-93(85)104)67-91(98)103-90-63-61-74(105-94-57-27-21-51-86(94)87-52-22-28-58-95(87)105)68-99(90)107(101-70-75(69-100(106)102(101)103)108-96-59-29-23-53-88(96)89-54-24-30-60-97(89)108)72-34-32-48-83(66-72)110(79-41-13-4-14-42-79,80-43-15-5-16-44-80)81-45-17-6-18-46-81/h1-70H. The second-order valence-corrected chi connectivity index (χ2v) is 37.0. The summed E-state index contributed by atoms with van der Waals surface area (Å²) in [5.41, 5.74) is 20.5. The molecule has 0 atom stereocenters. The van der Waals surface area contributed by atoms with Gasteiger partial charge < -0.3 is 23.5 Å². The SMILES string of the molecule is c1ccc([Si](c2ccccc2)(c2ccccc2)c2cccc(N3c4ccc(-n5c6ccccc6c6ccccc65)cc4B4c5ccc(-n6c7ccccc7c7ccccc76)cc5N(c5cccc([Si](c6ccccc6)(c6ccccc6)c6ccccc6)c5)c5cc(-n6c7ccccc7c7ccccc76)cc3c54)c2)cc1. The molecule has 5 heterocycles. The maximum atomic E-state index is 2.68. The fraction of sp³-hybridized carbons (Fsp3) is 0. The van der Waals surface area contributed by atoms with Crippen molar-refractivity contribution >= 4 is 180 Å². The Morgan fingerprint density at radius 2 is 0.445 bits per heavy atom. The van der Waals surface area contributed by atoms with Gasteiger partial charge in [0.15, 0.2) is 16.1 Å². The molecule has 0 saturated carbocycles. The van der Waals surface area contributed by atoms with Gasteiger partial charge in [0.05, 0.1) is 38.8 Å². The van der Waals surface area contributed by atoms with Crippen LogP contribution in [0.1, 0.15) is 0 Å². The topological polar surface area (TPSA) is 21.3 Å². The first-order chi connectivity index (χ1) is 54.6. The largest absolute Gasteiger partial charge is 0.311 e. The first-order valence-electron chi connectivity index (χ1n) is 38.2. The number of hydrogen-bond donors (Lipinski definition) is 0. The van der Waals surface area contributed by atoms with Crippen LogP contribution < -0.4 is 67.7 Å². The lowest BCUT2D eigenvalue weighted by molar-refractivity contribution is 1.15. The molecule has 0 N–H and O–H groups in total. The molecule has 514 valence electrons. The van der Waals surface area contributed by atoms with E-state index < -0.39 is 16.1 Å². The lowest BCUT2D eigenvalue weighted by atomic mass is 9.33. The molecule has 22 rings (SSSR count). The minimum atomic E-state index is -3.14. The summed E-state index contributed by atoms with van der Waals surface area (Å²) in [5.74, 6) is 0. The first kappa shape index (κ1) is 63.5. The summed E-state index contributed by atoms with van der Waals surface area (Å²) in [6.07, 6.45) is 0. The van der Waals surface area contributed by atoms with E-state index in [-0.39, 0.29) is 6.71 Å². The van der Waals surface area contributed by atoms with Crippen molar-refractivity contribution in [2.75, 3.05) is 9.80 Å². The highest BCUT2D eigenvalue weighted by atomic mass is 28.3. The number of hydrogen-bond acceptors (Lipinski definition) is 2. The van der Waals surface area contributed by atoms with Gasteiger partial charge in [-0.3, -0.25) is 0 Å². The molecule has 0 unspecified atom stereocenters. The van der Waals surface area contributed by atoms with Gasteiger partial charge >= 0.3 is 0 Å². The number of nitrogens with zero attached hydrogens (tertiary/aromatic N) is 5. The highest BCUT2D eigenvalue weighted by molar-refractivity contribution is 7.20. The van der Waals surface area contributed by atoms with Gasteiger partial charge in [0.2, 0.25) is 0 Å². The Morgan fingerprint density at radius 3 is 0.791 bits per heavy atom. The Hall–Kier alpha value is -13.8. The van der Waals surface area contributed by atoms with E-state index in [0.29, 0.717) is 0 Å². The Morgan fingerprint density at radius 1 is 0.173 bits per heavy atom. The van der Waals surface area contributed by atoms with Gasteiger partial charge in [0.1, 0.15) is 0 Å². The molecule has 5 nitrogen and oxygen atoms in total. The number of aromatic nitrogens is 3. The lowest BCUT2D eigenvalue weighted by Gasteiger charge is -2.45. The molecule has 110 heavy (non-hydrogen) atoms. The van der Waals surface area contributed by atoms with Crippen molar-refractivity contribution in [1.29, 1.82) is 0 Å². The fourth-order valence-electron chi connectivity index (χ4n) is 19.4. The highest BCUT2D eigenvalue weighted by Crippen LogP contribution is 2.48. The molecule has 0 amide bonds. The number of para-hydroxylation sites is 6. The highest BCUT2D eigenvalue weighted by Gasteiger charge is 2.48. The van der Waals surface area contributed by atoms with Crippen LogP contribution in [0.25, 0.3) is 82.5 Å². The van der Waals surface area contributed by atoms with Gasteiger partial charge in [0, 0.05) is 77.8 Å². The predicted octanol–water partition coefficient (Wildman–Crippen LogP) is 17.8. The molecule has 0 saturated heterocycles. The van der Waals surface area contributed by atoms with Crippen molar-refractivity contribution in [3.8, 4) is 17.1 Å². The molecule has 8 heteroatoms. The van der Waals surface area contributed by atoms with Crippen molar-refractivity contribution in [2.24, 2.45) is 0 Å². The van der Waals surface area contributed by atoms with Gasteiger partial charge in [-0.15, -0.1) is 0 Å². The van der Waals surface area contributed by atoms with E-state index in [0.717, 1.165) is 73.3 Å². The van der Waals surface area contributed by atoms with Crippen LogP contribution in [0.4, 0.5) is 34.1 Å². The van der Waals surface area contributed by atoms with E-state index >= 15 is 0 Å². The van der Waals surface area contributed by atoms with Gasteiger partial charge in [-0.1, -0.05) is 322 Å². The molecule has 0 fully saturated rings. The zero-order valence-electron chi connectivity index (χ0n) is 60.2. The third-order valence-electron chi connectivity index (χ3n) is 23.9. The molecule has 20 aromatic rings. The van der Waals surface area contributed by atoms with E-state index in [4.69, 9.17) is 0 Å². The maximum absolute atomic E-state index is 3.14. The van der Waals surface area contributed by atoms with E-state index in [1.807, 2.05) is 0 Å². The second-order valence-electron chi connectivity index (χ2n) is 29.4. The minimum Gasteiger partial charge on any atom is -0.311 e. The van der Waals surface area contributed by atoms with Crippen LogP contribution in [0.15, 0.2) is 425 Å². The molecular formula is C102H70BN5Si2. The molecule has 2 aliphatic heterocycles. The van der Waals surface area contributed by atoms with Crippen LogP contribution >= 0.6 is 0 Å². The smallest absolute Gasteiger partial charge is 0.252 e. The average molecular weight is 1430 g/mol. The Bertz CT molecular complexity index is 6650. The predicted molar refractivity (Wildman–Crippen MR) is 471 cm³/mol. The second kappa shape index (κ2) is 25.5. The first-order valence-corrected chi connectivity index (χ1v) is 42.2. The summed E-state index contributed by atoms with van der Waals surface area (Å²) in [7, 11) is -6.25. The zero-order valence-corrected chi connectivity index (χ0v) is 62.2. The summed E-state index contributed by atoms with van der Waals surface area (Å²) in [6, 6.07) is 161. The Labute approximate surface area is 641 Å². The van der Waals surface area contributed by atoms with E-state index in [1.165, 1.54) is 101 Å². The van der Waals surface area contributed by atoms with E-state index in [9.17, 15) is 0 Å². The number of fused-ring (bicyclic) bond motifs is 13. The van der Waals surface area contributed by atoms with Crippen molar-refractivity contribution in [3.63, 3.8) is 0 Å². The molecule has 0 bridgehead atoms. The van der Waals surface area contributed by atoms with Crippen molar-refractivity contribution in [1.82, 2.24) is 13.7 Å². The van der Waals surface area contributed by atoms with Crippen LogP contribution in [-0.2, 0) is 0 Å². The normalized spacial score (nSPS) is 12.7.